The maximum Gasteiger partial charge on any atom is 0.264 e. The third-order valence-electron chi connectivity index (χ3n) is 6.88. The Labute approximate surface area is 279 Å². The lowest BCUT2D eigenvalue weighted by atomic mass is 10.0. The molecule has 0 heterocycles. The van der Waals surface area contributed by atoms with E-state index in [0.717, 1.165) is 9.87 Å². The van der Waals surface area contributed by atoms with Crippen LogP contribution < -0.4 is 9.62 Å². The van der Waals surface area contributed by atoms with Crippen LogP contribution in [0.15, 0.2) is 108 Å². The maximum atomic E-state index is 14.5. The number of halogens is 3. The van der Waals surface area contributed by atoms with E-state index >= 15 is 0 Å². The number of rotatable bonds is 11. The first kappa shape index (κ1) is 34.3. The van der Waals surface area contributed by atoms with Crippen LogP contribution >= 0.6 is 34.8 Å². The Kier molecular flexibility index (Phi) is 11.2. The van der Waals surface area contributed by atoms with Crippen molar-refractivity contribution in [1.29, 1.82) is 0 Å². The van der Waals surface area contributed by atoms with Gasteiger partial charge in [-0.1, -0.05) is 89.4 Å². The van der Waals surface area contributed by atoms with Gasteiger partial charge >= 0.3 is 0 Å². The lowest BCUT2D eigenvalue weighted by Crippen LogP contribution is -2.56. The van der Waals surface area contributed by atoms with Crippen molar-refractivity contribution in [3.8, 4) is 0 Å². The van der Waals surface area contributed by atoms with E-state index in [2.05, 4.69) is 5.32 Å². The molecule has 0 radical (unpaired) electrons. The second kappa shape index (κ2) is 14.7. The summed E-state index contributed by atoms with van der Waals surface area (Å²) in [5.41, 5.74) is 0.901. The fraction of sp³-hybridized carbons (Fsp3) is 0.235. The van der Waals surface area contributed by atoms with Crippen LogP contribution in [0.25, 0.3) is 0 Å². The molecule has 0 saturated heterocycles. The average molecular weight is 687 g/mol. The summed E-state index contributed by atoms with van der Waals surface area (Å²) in [6.45, 7) is 4.79. The molecule has 0 spiro atoms. The SMILES string of the molecule is CC(C)(C)NC(=O)[C@@H](Cc1ccccc1)N(Cc1c(Cl)cccc1Cl)C(=O)CN(c1ccccc1)S(=O)(=O)c1ccc(Cl)cc1. The van der Waals surface area contributed by atoms with Gasteiger partial charge in [0.25, 0.3) is 10.0 Å². The van der Waals surface area contributed by atoms with Crippen molar-refractivity contribution in [1.82, 2.24) is 10.2 Å². The maximum absolute atomic E-state index is 14.5. The Morgan fingerprint density at radius 2 is 1.33 bits per heavy atom. The van der Waals surface area contributed by atoms with Gasteiger partial charge in [0.15, 0.2) is 0 Å². The monoisotopic (exact) mass is 685 g/mol. The van der Waals surface area contributed by atoms with E-state index in [0.29, 0.717) is 20.6 Å². The topological polar surface area (TPSA) is 86.8 Å². The third-order valence-corrected chi connectivity index (χ3v) is 9.63. The molecular weight excluding hydrogens is 653 g/mol. The third kappa shape index (κ3) is 9.01. The second-order valence-corrected chi connectivity index (χ2v) is 14.6. The first-order valence-electron chi connectivity index (χ1n) is 14.2. The number of carbonyl (C=O) groups is 2. The molecule has 0 fully saturated rings. The molecule has 0 aliphatic rings. The van der Waals surface area contributed by atoms with Crippen LogP contribution in [0.3, 0.4) is 0 Å². The Morgan fingerprint density at radius 1 is 0.778 bits per heavy atom. The van der Waals surface area contributed by atoms with Crippen molar-refractivity contribution in [3.05, 3.63) is 129 Å². The van der Waals surface area contributed by atoms with E-state index in [-0.39, 0.29) is 23.5 Å². The highest BCUT2D eigenvalue weighted by molar-refractivity contribution is 7.92. The molecule has 7 nitrogen and oxygen atoms in total. The van der Waals surface area contributed by atoms with Gasteiger partial charge in [-0.2, -0.15) is 0 Å². The Hall–Kier alpha value is -3.56. The number of nitrogens with zero attached hydrogens (tertiary/aromatic N) is 2. The molecule has 0 aliphatic heterocycles. The van der Waals surface area contributed by atoms with Crippen LogP contribution in [0.5, 0.6) is 0 Å². The lowest BCUT2D eigenvalue weighted by Gasteiger charge is -2.35. The molecule has 4 aromatic rings. The molecule has 2 amide bonds. The van der Waals surface area contributed by atoms with E-state index in [9.17, 15) is 18.0 Å². The number of nitrogens with one attached hydrogen (secondary N) is 1. The number of sulfonamides is 1. The minimum Gasteiger partial charge on any atom is -0.350 e. The molecule has 0 aliphatic carbocycles. The van der Waals surface area contributed by atoms with Gasteiger partial charge in [-0.15, -0.1) is 0 Å². The Morgan fingerprint density at radius 3 is 1.89 bits per heavy atom. The highest BCUT2D eigenvalue weighted by Crippen LogP contribution is 2.29. The van der Waals surface area contributed by atoms with Gasteiger partial charge in [0.1, 0.15) is 12.6 Å². The first-order valence-corrected chi connectivity index (χ1v) is 16.8. The zero-order valence-corrected chi connectivity index (χ0v) is 28.2. The smallest absolute Gasteiger partial charge is 0.264 e. The minimum absolute atomic E-state index is 0.0458. The zero-order chi connectivity index (χ0) is 32.8. The fourth-order valence-corrected chi connectivity index (χ4v) is 6.77. The number of carbonyl (C=O) groups excluding carboxylic acids is 2. The van der Waals surface area contributed by atoms with E-state index in [1.165, 1.54) is 29.2 Å². The van der Waals surface area contributed by atoms with Gasteiger partial charge < -0.3 is 10.2 Å². The van der Waals surface area contributed by atoms with Crippen molar-refractivity contribution in [2.24, 2.45) is 0 Å². The molecule has 0 saturated carbocycles. The number of para-hydroxylation sites is 1. The summed E-state index contributed by atoms with van der Waals surface area (Å²) >= 11 is 19.1. The molecule has 45 heavy (non-hydrogen) atoms. The standard InChI is InChI=1S/C34H34Cl3N3O4S/c1-34(2,3)38-33(42)31(21-24-11-6-4-7-12-24)39(22-28-29(36)15-10-16-30(28)37)32(41)23-40(26-13-8-5-9-14-26)45(43,44)27-19-17-25(35)18-20-27/h4-20,31H,21-23H2,1-3H3,(H,38,42)/t31-/m1/s1. The highest BCUT2D eigenvalue weighted by atomic mass is 35.5. The van der Waals surface area contributed by atoms with Crippen LogP contribution in [0.1, 0.15) is 31.9 Å². The summed E-state index contributed by atoms with van der Waals surface area (Å²) in [5.74, 6) is -1.04. The summed E-state index contributed by atoms with van der Waals surface area (Å²) < 4.78 is 29.1. The van der Waals surface area contributed by atoms with Crippen LogP contribution in [-0.2, 0) is 32.6 Å². The molecular formula is C34H34Cl3N3O4S. The highest BCUT2D eigenvalue weighted by Gasteiger charge is 2.36. The Balaban J connectivity index is 1.83. The van der Waals surface area contributed by atoms with Crippen molar-refractivity contribution < 1.29 is 18.0 Å². The van der Waals surface area contributed by atoms with Gasteiger partial charge in [-0.05, 0) is 74.9 Å². The normalized spacial score (nSPS) is 12.3. The summed E-state index contributed by atoms with van der Waals surface area (Å²) in [5, 5.41) is 3.98. The fourth-order valence-electron chi connectivity index (χ4n) is 4.72. The lowest BCUT2D eigenvalue weighted by molar-refractivity contribution is -0.140. The second-order valence-electron chi connectivity index (χ2n) is 11.5. The summed E-state index contributed by atoms with van der Waals surface area (Å²) in [7, 11) is -4.25. The van der Waals surface area contributed by atoms with E-state index < -0.39 is 40.0 Å². The van der Waals surface area contributed by atoms with Crippen molar-refractivity contribution in [2.75, 3.05) is 10.8 Å². The van der Waals surface area contributed by atoms with Gasteiger partial charge in [-0.3, -0.25) is 13.9 Å². The van der Waals surface area contributed by atoms with E-state index in [1.807, 2.05) is 51.1 Å². The number of hydrogen-bond acceptors (Lipinski definition) is 4. The molecule has 0 aromatic heterocycles. The predicted molar refractivity (Wildman–Crippen MR) is 181 cm³/mol. The Bertz CT molecular complexity index is 1710. The van der Waals surface area contributed by atoms with Crippen LogP contribution in [-0.4, -0.2) is 43.3 Å². The molecule has 0 bridgehead atoms. The zero-order valence-electron chi connectivity index (χ0n) is 25.1. The number of anilines is 1. The molecule has 4 aromatic carbocycles. The average Bonchev–Trinajstić information content (AvgIpc) is 2.99. The quantitative estimate of drug-likeness (QED) is 0.178. The van der Waals surface area contributed by atoms with Gasteiger partial charge in [0.2, 0.25) is 11.8 Å². The van der Waals surface area contributed by atoms with Gasteiger partial charge in [0.05, 0.1) is 10.6 Å². The van der Waals surface area contributed by atoms with Crippen molar-refractivity contribution >= 4 is 62.3 Å². The summed E-state index contributed by atoms with van der Waals surface area (Å²) in [6.07, 6.45) is 0.159. The van der Waals surface area contributed by atoms with Crippen molar-refractivity contribution in [3.63, 3.8) is 0 Å². The molecule has 1 N–H and O–H groups in total. The van der Waals surface area contributed by atoms with E-state index in [4.69, 9.17) is 34.8 Å². The summed E-state index contributed by atoms with van der Waals surface area (Å²) in [6, 6.07) is 27.2. The van der Waals surface area contributed by atoms with Gasteiger partial charge in [-0.25, -0.2) is 8.42 Å². The van der Waals surface area contributed by atoms with Crippen LogP contribution in [0.2, 0.25) is 15.1 Å². The number of amides is 2. The molecule has 4 rings (SSSR count). The van der Waals surface area contributed by atoms with E-state index in [1.54, 1.807) is 48.5 Å². The number of hydrogen-bond donors (Lipinski definition) is 1. The first-order chi connectivity index (χ1) is 21.3. The molecule has 11 heteroatoms. The molecule has 1 atom stereocenters. The minimum atomic E-state index is -4.25. The van der Waals surface area contributed by atoms with Crippen LogP contribution in [0.4, 0.5) is 5.69 Å². The summed E-state index contributed by atoms with van der Waals surface area (Å²) in [4.78, 5) is 29.8. The molecule has 0 unspecified atom stereocenters. The number of benzene rings is 4. The predicted octanol–water partition coefficient (Wildman–Crippen LogP) is 7.40. The van der Waals surface area contributed by atoms with Gasteiger partial charge in [0, 0.05) is 39.1 Å². The van der Waals surface area contributed by atoms with Crippen molar-refractivity contribution in [2.45, 2.75) is 50.2 Å². The largest absolute Gasteiger partial charge is 0.350 e. The molecule has 236 valence electrons. The van der Waals surface area contributed by atoms with Crippen LogP contribution in [0, 0.1) is 0 Å².